The third kappa shape index (κ3) is 2.82. The minimum absolute atomic E-state index is 0.360. The van der Waals surface area contributed by atoms with Crippen molar-refractivity contribution in [3.63, 3.8) is 0 Å². The standard InChI is InChI=1S/C14H27NOS/c1-4-14(3)12(9-13(14)16-5-2)15-10-11-7-6-8-17-11/h11-13,15H,4-10H2,1-3H3. The van der Waals surface area contributed by atoms with E-state index in [0.717, 1.165) is 11.9 Å². The van der Waals surface area contributed by atoms with Gasteiger partial charge in [0.2, 0.25) is 0 Å². The van der Waals surface area contributed by atoms with Gasteiger partial charge >= 0.3 is 0 Å². The zero-order chi connectivity index (χ0) is 12.3. The van der Waals surface area contributed by atoms with E-state index in [-0.39, 0.29) is 0 Å². The van der Waals surface area contributed by atoms with Gasteiger partial charge in [0.1, 0.15) is 0 Å². The fourth-order valence-corrected chi connectivity index (χ4v) is 4.36. The molecular formula is C14H27NOS. The molecular weight excluding hydrogens is 230 g/mol. The molecule has 3 heteroatoms. The first-order valence-electron chi connectivity index (χ1n) is 7.17. The van der Waals surface area contributed by atoms with Gasteiger partial charge in [-0.15, -0.1) is 0 Å². The molecule has 0 aromatic heterocycles. The molecule has 1 aliphatic heterocycles. The van der Waals surface area contributed by atoms with Crippen molar-refractivity contribution in [1.29, 1.82) is 0 Å². The lowest BCUT2D eigenvalue weighted by atomic mass is 9.61. The van der Waals surface area contributed by atoms with Crippen molar-refractivity contribution in [2.24, 2.45) is 5.41 Å². The molecule has 2 nitrogen and oxygen atoms in total. The maximum absolute atomic E-state index is 5.84. The van der Waals surface area contributed by atoms with Crippen LogP contribution >= 0.6 is 11.8 Å². The molecule has 0 aromatic carbocycles. The first kappa shape index (κ1) is 13.7. The second-order valence-corrected chi connectivity index (χ2v) is 7.04. The molecule has 1 heterocycles. The maximum Gasteiger partial charge on any atom is 0.0658 e. The lowest BCUT2D eigenvalue weighted by molar-refractivity contribution is -0.125. The summed E-state index contributed by atoms with van der Waals surface area (Å²) in [6, 6.07) is 0.672. The Morgan fingerprint density at radius 1 is 1.41 bits per heavy atom. The summed E-state index contributed by atoms with van der Waals surface area (Å²) in [5, 5.41) is 4.65. The number of hydrogen-bond acceptors (Lipinski definition) is 3. The zero-order valence-corrected chi connectivity index (χ0v) is 12.3. The highest BCUT2D eigenvalue weighted by atomic mass is 32.2. The van der Waals surface area contributed by atoms with Crippen molar-refractivity contribution in [3.8, 4) is 0 Å². The summed E-state index contributed by atoms with van der Waals surface area (Å²) in [4.78, 5) is 0. The van der Waals surface area contributed by atoms with Gasteiger partial charge in [0.15, 0.2) is 0 Å². The second-order valence-electron chi connectivity index (χ2n) is 5.63. The van der Waals surface area contributed by atoms with Gasteiger partial charge in [0, 0.05) is 29.9 Å². The molecule has 1 N–H and O–H groups in total. The molecule has 2 aliphatic rings. The SMILES string of the molecule is CCOC1CC(NCC2CCCS2)C1(C)CC. The number of ether oxygens (including phenoxy) is 1. The molecule has 4 unspecified atom stereocenters. The Kier molecular flexibility index (Phi) is 4.79. The van der Waals surface area contributed by atoms with Crippen molar-refractivity contribution in [2.45, 2.75) is 63.9 Å². The Labute approximate surface area is 110 Å². The van der Waals surface area contributed by atoms with E-state index in [1.54, 1.807) is 0 Å². The van der Waals surface area contributed by atoms with Gasteiger partial charge in [0.05, 0.1) is 6.10 Å². The number of nitrogens with one attached hydrogen (secondary N) is 1. The third-order valence-electron chi connectivity index (χ3n) is 4.73. The molecule has 100 valence electrons. The van der Waals surface area contributed by atoms with Crippen LogP contribution in [0, 0.1) is 5.41 Å². The molecule has 2 rings (SSSR count). The number of rotatable bonds is 6. The average Bonchev–Trinajstić information content (AvgIpc) is 2.84. The molecule has 1 aliphatic carbocycles. The summed E-state index contributed by atoms with van der Waals surface area (Å²) < 4.78 is 5.84. The topological polar surface area (TPSA) is 21.3 Å². The van der Waals surface area contributed by atoms with Crippen LogP contribution in [0.15, 0.2) is 0 Å². The molecule has 0 spiro atoms. The fourth-order valence-electron chi connectivity index (χ4n) is 3.15. The van der Waals surface area contributed by atoms with Gasteiger partial charge < -0.3 is 10.1 Å². The Hall–Kier alpha value is 0.270. The maximum atomic E-state index is 5.84. The van der Waals surface area contributed by atoms with E-state index >= 15 is 0 Å². The summed E-state index contributed by atoms with van der Waals surface area (Å²) >= 11 is 2.14. The minimum Gasteiger partial charge on any atom is -0.378 e. The lowest BCUT2D eigenvalue weighted by Gasteiger charge is -2.54. The Bertz CT molecular complexity index is 242. The van der Waals surface area contributed by atoms with Gasteiger partial charge in [-0.1, -0.05) is 13.8 Å². The van der Waals surface area contributed by atoms with Gasteiger partial charge in [-0.2, -0.15) is 11.8 Å². The lowest BCUT2D eigenvalue weighted by Crippen LogP contribution is -2.62. The molecule has 0 amide bonds. The largest absolute Gasteiger partial charge is 0.378 e. The van der Waals surface area contributed by atoms with E-state index in [0.29, 0.717) is 17.6 Å². The summed E-state index contributed by atoms with van der Waals surface area (Å²) in [6.45, 7) is 8.84. The van der Waals surface area contributed by atoms with Crippen LogP contribution in [0.4, 0.5) is 0 Å². The highest BCUT2D eigenvalue weighted by Gasteiger charge is 2.50. The summed E-state index contributed by atoms with van der Waals surface area (Å²) in [6.07, 6.45) is 5.71. The van der Waals surface area contributed by atoms with E-state index in [4.69, 9.17) is 4.74 Å². The van der Waals surface area contributed by atoms with Crippen LogP contribution in [0.2, 0.25) is 0 Å². The Morgan fingerprint density at radius 2 is 2.24 bits per heavy atom. The monoisotopic (exact) mass is 257 g/mol. The van der Waals surface area contributed by atoms with Crippen molar-refractivity contribution < 1.29 is 4.74 Å². The molecule has 1 saturated carbocycles. The van der Waals surface area contributed by atoms with Crippen LogP contribution in [0.25, 0.3) is 0 Å². The summed E-state index contributed by atoms with van der Waals surface area (Å²) in [5.74, 6) is 1.36. The van der Waals surface area contributed by atoms with E-state index in [2.05, 4.69) is 37.8 Å². The Morgan fingerprint density at radius 3 is 2.82 bits per heavy atom. The molecule has 0 radical (unpaired) electrons. The molecule has 4 atom stereocenters. The highest BCUT2D eigenvalue weighted by Crippen LogP contribution is 2.46. The average molecular weight is 257 g/mol. The third-order valence-corrected chi connectivity index (χ3v) is 6.13. The summed E-state index contributed by atoms with van der Waals surface area (Å²) in [7, 11) is 0. The smallest absolute Gasteiger partial charge is 0.0658 e. The normalized spacial score (nSPS) is 41.5. The zero-order valence-electron chi connectivity index (χ0n) is 11.5. The first-order chi connectivity index (χ1) is 8.20. The van der Waals surface area contributed by atoms with Gasteiger partial charge in [-0.05, 0) is 38.4 Å². The van der Waals surface area contributed by atoms with Gasteiger partial charge in [0.25, 0.3) is 0 Å². The molecule has 0 aromatic rings. The van der Waals surface area contributed by atoms with Crippen molar-refractivity contribution >= 4 is 11.8 Å². The fraction of sp³-hybridized carbons (Fsp3) is 1.00. The highest BCUT2D eigenvalue weighted by molar-refractivity contribution is 8.00. The van der Waals surface area contributed by atoms with Gasteiger partial charge in [-0.25, -0.2) is 0 Å². The van der Waals surface area contributed by atoms with Crippen LogP contribution < -0.4 is 5.32 Å². The molecule has 2 fully saturated rings. The quantitative estimate of drug-likeness (QED) is 0.790. The van der Waals surface area contributed by atoms with E-state index in [9.17, 15) is 0 Å². The molecule has 1 saturated heterocycles. The Balaban J connectivity index is 1.77. The summed E-state index contributed by atoms with van der Waals surface area (Å²) in [5.41, 5.74) is 0.360. The van der Waals surface area contributed by atoms with Crippen molar-refractivity contribution in [2.75, 3.05) is 18.9 Å². The van der Waals surface area contributed by atoms with Crippen LogP contribution in [0.1, 0.15) is 46.5 Å². The van der Waals surface area contributed by atoms with E-state index in [1.165, 1.54) is 38.0 Å². The number of thioether (sulfide) groups is 1. The van der Waals surface area contributed by atoms with E-state index < -0.39 is 0 Å². The second kappa shape index (κ2) is 5.94. The van der Waals surface area contributed by atoms with Crippen LogP contribution in [0.5, 0.6) is 0 Å². The van der Waals surface area contributed by atoms with Crippen molar-refractivity contribution in [1.82, 2.24) is 5.32 Å². The van der Waals surface area contributed by atoms with Crippen LogP contribution in [-0.2, 0) is 4.74 Å². The number of hydrogen-bond donors (Lipinski definition) is 1. The minimum atomic E-state index is 0.360. The van der Waals surface area contributed by atoms with Crippen molar-refractivity contribution in [3.05, 3.63) is 0 Å². The molecule has 0 bridgehead atoms. The molecule has 17 heavy (non-hydrogen) atoms. The first-order valence-corrected chi connectivity index (χ1v) is 8.22. The van der Waals surface area contributed by atoms with Gasteiger partial charge in [-0.3, -0.25) is 0 Å². The predicted octanol–water partition coefficient (Wildman–Crippen LogP) is 3.07. The van der Waals surface area contributed by atoms with Crippen LogP contribution in [-0.4, -0.2) is 36.3 Å². The van der Waals surface area contributed by atoms with Crippen LogP contribution in [0.3, 0.4) is 0 Å². The van der Waals surface area contributed by atoms with E-state index in [1.807, 2.05) is 0 Å². The predicted molar refractivity (Wildman–Crippen MR) is 75.7 cm³/mol.